The molecule has 0 radical (unpaired) electrons. The molecule has 0 fully saturated rings. The first-order valence-corrected chi connectivity index (χ1v) is 11.3. The van der Waals surface area contributed by atoms with E-state index in [0.717, 1.165) is 18.4 Å². The summed E-state index contributed by atoms with van der Waals surface area (Å²) < 4.78 is 63.2. The molecule has 1 amide bonds. The van der Waals surface area contributed by atoms with Gasteiger partial charge in [0.15, 0.2) is 5.13 Å². The van der Waals surface area contributed by atoms with Gasteiger partial charge >= 0.3 is 6.18 Å². The van der Waals surface area contributed by atoms with Crippen LogP contribution in [0.4, 0.5) is 24.0 Å². The number of benzene rings is 2. The molecule has 0 aliphatic rings. The number of anilines is 2. The molecule has 3 rings (SSSR count). The maximum Gasteiger partial charge on any atom is 0.416 e. The Balaban J connectivity index is 1.65. The van der Waals surface area contributed by atoms with Crippen molar-refractivity contribution in [2.45, 2.75) is 12.6 Å². The number of nitrogens with zero attached hydrogens (tertiary/aromatic N) is 1. The van der Waals surface area contributed by atoms with E-state index < -0.39 is 27.7 Å². The highest BCUT2D eigenvalue weighted by Crippen LogP contribution is 2.30. The van der Waals surface area contributed by atoms with Crippen LogP contribution in [0.2, 0.25) is 0 Å². The lowest BCUT2D eigenvalue weighted by atomic mass is 10.1. The van der Waals surface area contributed by atoms with Crippen LogP contribution in [0, 0.1) is 0 Å². The fourth-order valence-electron chi connectivity index (χ4n) is 2.59. The van der Waals surface area contributed by atoms with Crippen molar-refractivity contribution in [1.29, 1.82) is 0 Å². The average Bonchev–Trinajstić information content (AvgIpc) is 3.09. The van der Waals surface area contributed by atoms with Crippen LogP contribution in [0.1, 0.15) is 11.1 Å². The third-order valence-electron chi connectivity index (χ3n) is 3.85. The molecule has 6 nitrogen and oxygen atoms in total. The molecular formula is C19H16F3N3O3S2. The Morgan fingerprint density at radius 2 is 1.83 bits per heavy atom. The van der Waals surface area contributed by atoms with Crippen LogP contribution < -0.4 is 10.0 Å². The van der Waals surface area contributed by atoms with Crippen molar-refractivity contribution in [1.82, 2.24) is 4.98 Å². The number of halogens is 3. The lowest BCUT2D eigenvalue weighted by Crippen LogP contribution is -2.15. The minimum absolute atomic E-state index is 0.218. The maximum atomic E-state index is 12.8. The van der Waals surface area contributed by atoms with E-state index in [1.807, 2.05) is 0 Å². The van der Waals surface area contributed by atoms with Gasteiger partial charge in [-0.3, -0.25) is 9.52 Å². The molecule has 158 valence electrons. The van der Waals surface area contributed by atoms with E-state index in [9.17, 15) is 26.4 Å². The molecule has 0 spiro atoms. The molecule has 11 heteroatoms. The molecule has 2 aromatic carbocycles. The molecular weight excluding hydrogens is 439 g/mol. The number of alkyl halides is 3. The second kappa shape index (κ2) is 8.44. The number of hydrogen-bond donors (Lipinski definition) is 2. The standard InChI is InChI=1S/C19H16F3N3O3S2/c1-30(27,28)25-15-7-5-13(6-8-15)16-11-29-18(23-16)24-17(26)10-12-3-2-4-14(9-12)19(20,21)22/h2-9,11,25H,10H2,1H3,(H,23,24,26). The van der Waals surface area contributed by atoms with Crippen LogP contribution >= 0.6 is 11.3 Å². The Labute approximate surface area is 174 Å². The lowest BCUT2D eigenvalue weighted by molar-refractivity contribution is -0.137. The van der Waals surface area contributed by atoms with Crippen molar-refractivity contribution < 1.29 is 26.4 Å². The first-order chi connectivity index (χ1) is 14.0. The molecule has 1 aromatic heterocycles. The highest BCUT2D eigenvalue weighted by atomic mass is 32.2. The number of thiazole rings is 1. The highest BCUT2D eigenvalue weighted by molar-refractivity contribution is 7.92. The highest BCUT2D eigenvalue weighted by Gasteiger charge is 2.30. The summed E-state index contributed by atoms with van der Waals surface area (Å²) in [6, 6.07) is 11.1. The van der Waals surface area contributed by atoms with Gasteiger partial charge in [0.2, 0.25) is 15.9 Å². The summed E-state index contributed by atoms with van der Waals surface area (Å²) in [5.41, 5.74) is 1.13. The largest absolute Gasteiger partial charge is 0.416 e. The van der Waals surface area contributed by atoms with Crippen LogP contribution in [0.5, 0.6) is 0 Å². The monoisotopic (exact) mass is 455 g/mol. The summed E-state index contributed by atoms with van der Waals surface area (Å²) in [6.07, 6.45) is -3.64. The van der Waals surface area contributed by atoms with Gasteiger partial charge in [-0.2, -0.15) is 13.2 Å². The van der Waals surface area contributed by atoms with Crippen LogP contribution in [-0.2, 0) is 27.4 Å². The number of carbonyl (C=O) groups excluding carboxylic acids is 1. The Morgan fingerprint density at radius 3 is 2.47 bits per heavy atom. The van der Waals surface area contributed by atoms with E-state index in [-0.39, 0.29) is 12.0 Å². The van der Waals surface area contributed by atoms with Gasteiger partial charge in [-0.05, 0) is 23.8 Å². The average molecular weight is 455 g/mol. The van der Waals surface area contributed by atoms with Gasteiger partial charge < -0.3 is 5.32 Å². The van der Waals surface area contributed by atoms with E-state index in [1.165, 1.54) is 23.5 Å². The fourth-order valence-corrected chi connectivity index (χ4v) is 3.89. The smallest absolute Gasteiger partial charge is 0.302 e. The number of hydrogen-bond acceptors (Lipinski definition) is 5. The predicted molar refractivity (Wildman–Crippen MR) is 110 cm³/mol. The number of carbonyl (C=O) groups is 1. The van der Waals surface area contributed by atoms with E-state index in [4.69, 9.17) is 0 Å². The molecule has 1 heterocycles. The summed E-state index contributed by atoms with van der Waals surface area (Å²) >= 11 is 1.17. The van der Waals surface area contributed by atoms with Crippen molar-refractivity contribution in [3.05, 3.63) is 65.0 Å². The first kappa shape index (κ1) is 21.8. The molecule has 30 heavy (non-hydrogen) atoms. The van der Waals surface area contributed by atoms with Crippen LogP contribution in [0.3, 0.4) is 0 Å². The molecule has 2 N–H and O–H groups in total. The van der Waals surface area contributed by atoms with Gasteiger partial charge in [-0.1, -0.05) is 30.3 Å². The summed E-state index contributed by atoms with van der Waals surface area (Å²) in [4.78, 5) is 16.5. The number of nitrogens with one attached hydrogen (secondary N) is 2. The SMILES string of the molecule is CS(=O)(=O)Nc1ccc(-c2csc(NC(=O)Cc3cccc(C(F)(F)F)c3)n2)cc1. The van der Waals surface area contributed by atoms with Gasteiger partial charge in [-0.15, -0.1) is 11.3 Å². The minimum atomic E-state index is -4.47. The van der Waals surface area contributed by atoms with Gasteiger partial charge in [0.25, 0.3) is 0 Å². The minimum Gasteiger partial charge on any atom is -0.302 e. The van der Waals surface area contributed by atoms with Crippen LogP contribution in [0.15, 0.2) is 53.9 Å². The molecule has 0 atom stereocenters. The molecule has 0 aliphatic heterocycles. The van der Waals surface area contributed by atoms with Gasteiger partial charge in [0.1, 0.15) is 0 Å². The normalized spacial score (nSPS) is 11.9. The zero-order valence-corrected chi connectivity index (χ0v) is 17.2. The van der Waals surface area contributed by atoms with E-state index >= 15 is 0 Å². The molecule has 3 aromatic rings. The molecule has 0 bridgehead atoms. The van der Waals surface area contributed by atoms with Gasteiger partial charge in [-0.25, -0.2) is 13.4 Å². The quantitative estimate of drug-likeness (QED) is 0.577. The lowest BCUT2D eigenvalue weighted by Gasteiger charge is -2.08. The van der Waals surface area contributed by atoms with Gasteiger partial charge in [0.05, 0.1) is 23.9 Å². The van der Waals surface area contributed by atoms with Crippen molar-refractivity contribution in [2.24, 2.45) is 0 Å². The van der Waals surface area contributed by atoms with E-state index in [1.54, 1.807) is 29.6 Å². The Morgan fingerprint density at radius 1 is 1.13 bits per heavy atom. The summed E-state index contributed by atoms with van der Waals surface area (Å²) in [6.45, 7) is 0. The fraction of sp³-hybridized carbons (Fsp3) is 0.158. The Kier molecular flexibility index (Phi) is 6.13. The van der Waals surface area contributed by atoms with Crippen molar-refractivity contribution in [3.8, 4) is 11.3 Å². The summed E-state index contributed by atoms with van der Waals surface area (Å²) in [5, 5.41) is 4.59. The van der Waals surface area contributed by atoms with Crippen molar-refractivity contribution >= 4 is 38.1 Å². The van der Waals surface area contributed by atoms with E-state index in [2.05, 4.69) is 15.0 Å². The predicted octanol–water partition coefficient (Wildman–Crippen LogP) is 4.38. The van der Waals surface area contributed by atoms with Crippen LogP contribution in [0.25, 0.3) is 11.3 Å². The molecule has 0 saturated heterocycles. The molecule has 0 aliphatic carbocycles. The molecule has 0 unspecified atom stereocenters. The second-order valence-corrected chi connectivity index (χ2v) is 9.02. The summed E-state index contributed by atoms with van der Waals surface area (Å²) in [7, 11) is -3.37. The van der Waals surface area contributed by atoms with Gasteiger partial charge in [0, 0.05) is 16.6 Å². The second-order valence-electron chi connectivity index (χ2n) is 6.41. The number of amides is 1. The maximum absolute atomic E-state index is 12.8. The third kappa shape index (κ3) is 6.04. The first-order valence-electron chi connectivity index (χ1n) is 8.49. The third-order valence-corrected chi connectivity index (χ3v) is 5.22. The Hall–Kier alpha value is -2.92. The van der Waals surface area contributed by atoms with Crippen LogP contribution in [-0.4, -0.2) is 25.6 Å². The molecule has 0 saturated carbocycles. The summed E-state index contributed by atoms with van der Waals surface area (Å²) in [5.74, 6) is -0.483. The van der Waals surface area contributed by atoms with E-state index in [0.29, 0.717) is 22.1 Å². The number of aromatic nitrogens is 1. The Bertz CT molecular complexity index is 1160. The number of sulfonamides is 1. The van der Waals surface area contributed by atoms with Crippen molar-refractivity contribution in [3.63, 3.8) is 0 Å². The van der Waals surface area contributed by atoms with Crippen molar-refractivity contribution in [2.75, 3.05) is 16.3 Å². The number of rotatable bonds is 6. The zero-order valence-electron chi connectivity index (χ0n) is 15.5. The zero-order chi connectivity index (χ0) is 21.9. The topological polar surface area (TPSA) is 88.2 Å².